The molecule has 0 aromatic rings. The zero-order chi connectivity index (χ0) is 13.3. The Bertz CT molecular complexity index is 215. The first kappa shape index (κ1) is 16.5. The van der Waals surface area contributed by atoms with Crippen molar-refractivity contribution in [2.75, 3.05) is 0 Å². The van der Waals surface area contributed by atoms with Crippen molar-refractivity contribution in [3.63, 3.8) is 0 Å². The van der Waals surface area contributed by atoms with Gasteiger partial charge in [0, 0.05) is 5.41 Å². The molecule has 2 nitrogen and oxygen atoms in total. The zero-order valence-electron chi connectivity index (χ0n) is 12.2. The molecule has 0 aromatic carbocycles. The number of rotatable bonds is 10. The first-order chi connectivity index (χ1) is 8.02. The van der Waals surface area contributed by atoms with Gasteiger partial charge in [0.2, 0.25) is 5.91 Å². The van der Waals surface area contributed by atoms with Gasteiger partial charge in [-0.2, -0.15) is 0 Å². The maximum absolute atomic E-state index is 11.7. The molecule has 0 heterocycles. The third kappa shape index (κ3) is 5.10. The fourth-order valence-corrected chi connectivity index (χ4v) is 2.61. The van der Waals surface area contributed by atoms with E-state index in [0.29, 0.717) is 5.92 Å². The van der Waals surface area contributed by atoms with E-state index in [1.165, 1.54) is 25.7 Å². The predicted molar refractivity (Wildman–Crippen MR) is 74.7 cm³/mol. The fourth-order valence-electron chi connectivity index (χ4n) is 2.61. The SMILES string of the molecule is CCCCCCC(CCC)C(C)(CC)C(N)=O. The van der Waals surface area contributed by atoms with Gasteiger partial charge in [-0.3, -0.25) is 4.79 Å². The van der Waals surface area contributed by atoms with E-state index in [4.69, 9.17) is 5.73 Å². The van der Waals surface area contributed by atoms with Crippen molar-refractivity contribution in [2.45, 2.75) is 79.1 Å². The van der Waals surface area contributed by atoms with Crippen LogP contribution in [0.15, 0.2) is 0 Å². The van der Waals surface area contributed by atoms with E-state index in [9.17, 15) is 4.79 Å². The third-order valence-electron chi connectivity index (χ3n) is 4.24. The van der Waals surface area contributed by atoms with Crippen LogP contribution in [-0.4, -0.2) is 5.91 Å². The molecule has 0 radical (unpaired) electrons. The van der Waals surface area contributed by atoms with Crippen molar-refractivity contribution in [1.82, 2.24) is 0 Å². The fraction of sp³-hybridized carbons (Fsp3) is 0.933. The zero-order valence-corrected chi connectivity index (χ0v) is 12.2. The number of hydrogen-bond donors (Lipinski definition) is 1. The van der Waals surface area contributed by atoms with Gasteiger partial charge in [0.05, 0.1) is 0 Å². The standard InChI is InChI=1S/C15H31NO/c1-5-8-9-10-12-13(11-6-2)15(4,7-3)14(16)17/h13H,5-12H2,1-4H3,(H2,16,17). The van der Waals surface area contributed by atoms with Gasteiger partial charge in [0.1, 0.15) is 0 Å². The summed E-state index contributed by atoms with van der Waals surface area (Å²) in [5.41, 5.74) is 5.30. The number of carbonyl (C=O) groups excluding carboxylic acids is 1. The van der Waals surface area contributed by atoms with E-state index < -0.39 is 0 Å². The van der Waals surface area contributed by atoms with Crippen LogP contribution in [0.3, 0.4) is 0 Å². The molecule has 17 heavy (non-hydrogen) atoms. The molecular formula is C15H31NO. The molecule has 0 aliphatic carbocycles. The normalized spacial score (nSPS) is 16.5. The van der Waals surface area contributed by atoms with Crippen LogP contribution in [0.4, 0.5) is 0 Å². The van der Waals surface area contributed by atoms with Crippen LogP contribution in [0.1, 0.15) is 79.1 Å². The molecule has 102 valence electrons. The van der Waals surface area contributed by atoms with E-state index in [1.54, 1.807) is 0 Å². The van der Waals surface area contributed by atoms with Crippen LogP contribution in [0.5, 0.6) is 0 Å². The topological polar surface area (TPSA) is 43.1 Å². The maximum Gasteiger partial charge on any atom is 0.223 e. The van der Waals surface area contributed by atoms with Gasteiger partial charge in [-0.1, -0.05) is 59.8 Å². The van der Waals surface area contributed by atoms with Gasteiger partial charge in [-0.05, 0) is 25.2 Å². The summed E-state index contributed by atoms with van der Waals surface area (Å²) in [6.45, 7) is 8.55. The predicted octanol–water partition coefficient (Wildman–Crippen LogP) is 4.27. The molecule has 2 unspecified atom stereocenters. The largest absolute Gasteiger partial charge is 0.369 e. The molecule has 0 spiro atoms. The molecule has 2 heteroatoms. The second-order valence-corrected chi connectivity index (χ2v) is 5.47. The lowest BCUT2D eigenvalue weighted by molar-refractivity contribution is -0.130. The maximum atomic E-state index is 11.7. The number of unbranched alkanes of at least 4 members (excludes halogenated alkanes) is 3. The highest BCUT2D eigenvalue weighted by atomic mass is 16.1. The van der Waals surface area contributed by atoms with Crippen molar-refractivity contribution in [3.05, 3.63) is 0 Å². The molecule has 0 aliphatic rings. The Labute approximate surface area is 107 Å². The Morgan fingerprint density at radius 3 is 2.12 bits per heavy atom. The van der Waals surface area contributed by atoms with E-state index in [1.807, 2.05) is 0 Å². The number of hydrogen-bond acceptors (Lipinski definition) is 1. The molecule has 1 amide bonds. The van der Waals surface area contributed by atoms with Crippen LogP contribution in [0.25, 0.3) is 0 Å². The minimum Gasteiger partial charge on any atom is -0.369 e. The van der Waals surface area contributed by atoms with Crippen molar-refractivity contribution in [3.8, 4) is 0 Å². The molecule has 2 atom stereocenters. The average molecular weight is 241 g/mol. The molecule has 2 N–H and O–H groups in total. The van der Waals surface area contributed by atoms with E-state index in [-0.39, 0.29) is 11.3 Å². The Morgan fingerprint density at radius 1 is 1.06 bits per heavy atom. The smallest absolute Gasteiger partial charge is 0.223 e. The molecule has 0 rings (SSSR count). The van der Waals surface area contributed by atoms with Gasteiger partial charge in [-0.15, -0.1) is 0 Å². The van der Waals surface area contributed by atoms with Crippen molar-refractivity contribution in [2.24, 2.45) is 17.1 Å². The minimum absolute atomic E-state index is 0.117. The lowest BCUT2D eigenvalue weighted by Gasteiger charge is -2.34. The van der Waals surface area contributed by atoms with Gasteiger partial charge >= 0.3 is 0 Å². The molecule has 0 saturated heterocycles. The number of primary amides is 1. The van der Waals surface area contributed by atoms with Crippen molar-refractivity contribution >= 4 is 5.91 Å². The van der Waals surface area contributed by atoms with Gasteiger partial charge in [0.25, 0.3) is 0 Å². The number of nitrogens with two attached hydrogens (primary N) is 1. The first-order valence-corrected chi connectivity index (χ1v) is 7.32. The van der Waals surface area contributed by atoms with E-state index >= 15 is 0 Å². The Morgan fingerprint density at radius 2 is 1.71 bits per heavy atom. The van der Waals surface area contributed by atoms with Crippen LogP contribution in [-0.2, 0) is 4.79 Å². The quantitative estimate of drug-likeness (QED) is 0.570. The molecule has 0 fully saturated rings. The van der Waals surface area contributed by atoms with Crippen LogP contribution in [0, 0.1) is 11.3 Å². The van der Waals surface area contributed by atoms with Crippen molar-refractivity contribution < 1.29 is 4.79 Å². The van der Waals surface area contributed by atoms with E-state index in [2.05, 4.69) is 27.7 Å². The highest BCUT2D eigenvalue weighted by Crippen LogP contribution is 2.37. The van der Waals surface area contributed by atoms with Gasteiger partial charge in [0.15, 0.2) is 0 Å². The summed E-state index contributed by atoms with van der Waals surface area (Å²) in [6.07, 6.45) is 9.37. The second kappa shape index (κ2) is 8.54. The number of amides is 1. The minimum atomic E-state index is -0.303. The molecule has 0 saturated carbocycles. The third-order valence-corrected chi connectivity index (χ3v) is 4.24. The Balaban J connectivity index is 4.42. The highest BCUT2D eigenvalue weighted by Gasteiger charge is 2.36. The van der Waals surface area contributed by atoms with Gasteiger partial charge in [-0.25, -0.2) is 0 Å². The van der Waals surface area contributed by atoms with Crippen LogP contribution >= 0.6 is 0 Å². The van der Waals surface area contributed by atoms with E-state index in [0.717, 1.165) is 25.7 Å². The summed E-state index contributed by atoms with van der Waals surface area (Å²) < 4.78 is 0. The molecule has 0 aliphatic heterocycles. The van der Waals surface area contributed by atoms with Crippen LogP contribution in [0.2, 0.25) is 0 Å². The molecule has 0 aromatic heterocycles. The Hall–Kier alpha value is -0.530. The average Bonchev–Trinajstić information content (AvgIpc) is 2.31. The summed E-state index contributed by atoms with van der Waals surface area (Å²) in [4.78, 5) is 11.7. The summed E-state index contributed by atoms with van der Waals surface area (Å²) >= 11 is 0. The van der Waals surface area contributed by atoms with Crippen LogP contribution < -0.4 is 5.73 Å². The lowest BCUT2D eigenvalue weighted by atomic mass is 9.70. The lowest BCUT2D eigenvalue weighted by Crippen LogP contribution is -2.40. The monoisotopic (exact) mass is 241 g/mol. The molecule has 0 bridgehead atoms. The highest BCUT2D eigenvalue weighted by molar-refractivity contribution is 5.80. The second-order valence-electron chi connectivity index (χ2n) is 5.47. The number of carbonyl (C=O) groups is 1. The summed E-state index contributed by atoms with van der Waals surface area (Å²) in [5.74, 6) is 0.348. The summed E-state index contributed by atoms with van der Waals surface area (Å²) in [5, 5.41) is 0. The first-order valence-electron chi connectivity index (χ1n) is 7.32. The summed E-state index contributed by atoms with van der Waals surface area (Å²) in [6, 6.07) is 0. The molecular weight excluding hydrogens is 210 g/mol. The van der Waals surface area contributed by atoms with Gasteiger partial charge < -0.3 is 5.73 Å². The van der Waals surface area contributed by atoms with Crippen molar-refractivity contribution in [1.29, 1.82) is 0 Å². The Kier molecular flexibility index (Phi) is 8.28. The summed E-state index contributed by atoms with van der Waals surface area (Å²) in [7, 11) is 0.